The summed E-state index contributed by atoms with van der Waals surface area (Å²) in [7, 11) is 0. The number of morpholine rings is 1. The molecule has 1 saturated heterocycles. The summed E-state index contributed by atoms with van der Waals surface area (Å²) in [6, 6.07) is 7.95. The summed E-state index contributed by atoms with van der Waals surface area (Å²) in [5, 5.41) is 5.86. The number of benzene rings is 1. The quantitative estimate of drug-likeness (QED) is 0.700. The van der Waals surface area contributed by atoms with Crippen LogP contribution in [0.3, 0.4) is 0 Å². The minimum atomic E-state index is -0.147. The number of hydrogen-bond acceptors (Lipinski definition) is 4. The Labute approximate surface area is 175 Å². The minimum Gasteiger partial charge on any atom is -0.379 e. The van der Waals surface area contributed by atoms with E-state index in [-0.39, 0.29) is 23.7 Å². The zero-order valence-electron chi connectivity index (χ0n) is 18.6. The summed E-state index contributed by atoms with van der Waals surface area (Å²) in [5.41, 5.74) is 1.86. The van der Waals surface area contributed by atoms with E-state index in [0.717, 1.165) is 26.3 Å². The molecular weight excluding hydrogens is 366 g/mol. The van der Waals surface area contributed by atoms with E-state index < -0.39 is 0 Å². The molecule has 1 atom stereocenters. The van der Waals surface area contributed by atoms with Gasteiger partial charge in [0.25, 0.3) is 5.91 Å². The molecule has 1 aliphatic heterocycles. The molecule has 2 rings (SSSR count). The fourth-order valence-corrected chi connectivity index (χ4v) is 3.52. The predicted molar refractivity (Wildman–Crippen MR) is 116 cm³/mol. The molecule has 0 spiro atoms. The summed E-state index contributed by atoms with van der Waals surface area (Å²) in [6.45, 7) is 15.0. The molecule has 2 N–H and O–H groups in total. The average Bonchev–Trinajstić information content (AvgIpc) is 2.68. The topological polar surface area (TPSA) is 70.7 Å². The van der Waals surface area contributed by atoms with E-state index in [1.54, 1.807) is 0 Å². The molecule has 1 aromatic carbocycles. The maximum absolute atomic E-state index is 12.3. The van der Waals surface area contributed by atoms with E-state index in [9.17, 15) is 9.59 Å². The first-order valence-electron chi connectivity index (χ1n) is 10.7. The lowest BCUT2D eigenvalue weighted by molar-refractivity contribution is -0.121. The van der Waals surface area contributed by atoms with Gasteiger partial charge in [-0.3, -0.25) is 14.5 Å². The van der Waals surface area contributed by atoms with E-state index in [1.165, 1.54) is 5.56 Å². The summed E-state index contributed by atoms with van der Waals surface area (Å²) in [6.07, 6.45) is 0.278. The molecule has 1 aliphatic rings. The number of carbonyl (C=O) groups is 2. The van der Waals surface area contributed by atoms with Crippen molar-refractivity contribution in [3.8, 4) is 0 Å². The first kappa shape index (κ1) is 23.4. The molecule has 2 amide bonds. The van der Waals surface area contributed by atoms with Crippen LogP contribution in [0.25, 0.3) is 0 Å². The van der Waals surface area contributed by atoms with Gasteiger partial charge in [0.1, 0.15) is 0 Å². The van der Waals surface area contributed by atoms with Crippen molar-refractivity contribution in [3.63, 3.8) is 0 Å². The molecule has 6 nitrogen and oxygen atoms in total. The molecule has 1 aromatic rings. The van der Waals surface area contributed by atoms with Crippen LogP contribution in [-0.4, -0.2) is 62.1 Å². The lowest BCUT2D eigenvalue weighted by Gasteiger charge is -2.36. The Bertz CT molecular complexity index is 659. The van der Waals surface area contributed by atoms with Gasteiger partial charge in [0.15, 0.2) is 0 Å². The SMILES string of the molecule is CC(C)C(CNC(=O)CCNC(=O)c1ccc(C(C)(C)C)cc1)N1CCOCC1. The van der Waals surface area contributed by atoms with Gasteiger partial charge in [-0.1, -0.05) is 46.8 Å². The maximum atomic E-state index is 12.3. The molecule has 1 heterocycles. The van der Waals surface area contributed by atoms with Crippen LogP contribution in [0.2, 0.25) is 0 Å². The number of nitrogens with zero attached hydrogens (tertiary/aromatic N) is 1. The highest BCUT2D eigenvalue weighted by Crippen LogP contribution is 2.22. The molecule has 0 saturated carbocycles. The summed E-state index contributed by atoms with van der Waals surface area (Å²) in [5.74, 6) is 0.267. The van der Waals surface area contributed by atoms with Crippen molar-refractivity contribution in [3.05, 3.63) is 35.4 Å². The molecular formula is C23H37N3O3. The van der Waals surface area contributed by atoms with Gasteiger partial charge in [0, 0.05) is 44.2 Å². The van der Waals surface area contributed by atoms with Gasteiger partial charge < -0.3 is 15.4 Å². The Hall–Kier alpha value is -1.92. The van der Waals surface area contributed by atoms with Gasteiger partial charge in [-0.25, -0.2) is 0 Å². The molecule has 162 valence electrons. The molecule has 0 aliphatic carbocycles. The van der Waals surface area contributed by atoms with Crippen molar-refractivity contribution in [2.45, 2.75) is 52.5 Å². The fourth-order valence-electron chi connectivity index (χ4n) is 3.52. The second-order valence-electron chi connectivity index (χ2n) is 9.10. The summed E-state index contributed by atoms with van der Waals surface area (Å²) < 4.78 is 5.42. The third-order valence-electron chi connectivity index (χ3n) is 5.44. The summed E-state index contributed by atoms with van der Waals surface area (Å²) >= 11 is 0. The number of nitrogens with one attached hydrogen (secondary N) is 2. The van der Waals surface area contributed by atoms with Crippen LogP contribution in [0.5, 0.6) is 0 Å². The van der Waals surface area contributed by atoms with Gasteiger partial charge in [0.05, 0.1) is 13.2 Å². The highest BCUT2D eigenvalue weighted by Gasteiger charge is 2.24. The molecule has 0 aromatic heterocycles. The monoisotopic (exact) mass is 403 g/mol. The zero-order chi connectivity index (χ0) is 21.4. The Morgan fingerprint density at radius 3 is 2.24 bits per heavy atom. The third-order valence-corrected chi connectivity index (χ3v) is 5.44. The van der Waals surface area contributed by atoms with Crippen molar-refractivity contribution in [1.29, 1.82) is 0 Å². The van der Waals surface area contributed by atoms with Gasteiger partial charge in [-0.2, -0.15) is 0 Å². The van der Waals surface area contributed by atoms with Gasteiger partial charge in [-0.15, -0.1) is 0 Å². The van der Waals surface area contributed by atoms with Crippen LogP contribution < -0.4 is 10.6 Å². The van der Waals surface area contributed by atoms with Crippen LogP contribution in [0.4, 0.5) is 0 Å². The average molecular weight is 404 g/mol. The number of carbonyl (C=O) groups excluding carboxylic acids is 2. The van der Waals surface area contributed by atoms with E-state index in [4.69, 9.17) is 4.74 Å². The predicted octanol–water partition coefficient (Wildman–Crippen LogP) is 2.58. The van der Waals surface area contributed by atoms with Crippen LogP contribution in [0.15, 0.2) is 24.3 Å². The van der Waals surface area contributed by atoms with Crippen molar-refractivity contribution in [2.75, 3.05) is 39.4 Å². The lowest BCUT2D eigenvalue weighted by Crippen LogP contribution is -2.51. The van der Waals surface area contributed by atoms with Crippen molar-refractivity contribution < 1.29 is 14.3 Å². The first-order chi connectivity index (χ1) is 13.7. The second-order valence-corrected chi connectivity index (χ2v) is 9.10. The number of ether oxygens (including phenoxy) is 1. The van der Waals surface area contributed by atoms with E-state index in [0.29, 0.717) is 30.6 Å². The van der Waals surface area contributed by atoms with Crippen molar-refractivity contribution in [1.82, 2.24) is 15.5 Å². The maximum Gasteiger partial charge on any atom is 0.251 e. The largest absolute Gasteiger partial charge is 0.379 e. The molecule has 29 heavy (non-hydrogen) atoms. The standard InChI is InChI=1S/C23H37N3O3/c1-17(2)20(26-12-14-29-15-13-26)16-25-21(27)10-11-24-22(28)18-6-8-19(9-7-18)23(3,4)5/h6-9,17,20H,10-16H2,1-5H3,(H,24,28)(H,25,27). The highest BCUT2D eigenvalue weighted by molar-refractivity contribution is 5.94. The Balaban J connectivity index is 1.73. The lowest BCUT2D eigenvalue weighted by atomic mass is 9.87. The minimum absolute atomic E-state index is 0.0349. The number of amides is 2. The van der Waals surface area contributed by atoms with E-state index >= 15 is 0 Å². The van der Waals surface area contributed by atoms with E-state index in [2.05, 4.69) is 50.2 Å². The summed E-state index contributed by atoms with van der Waals surface area (Å²) in [4.78, 5) is 26.9. The Morgan fingerprint density at radius 1 is 1.07 bits per heavy atom. The Morgan fingerprint density at radius 2 is 1.69 bits per heavy atom. The third kappa shape index (κ3) is 7.44. The normalized spacial score (nSPS) is 16.5. The molecule has 0 radical (unpaired) electrons. The number of rotatable bonds is 8. The molecule has 6 heteroatoms. The number of hydrogen-bond donors (Lipinski definition) is 2. The smallest absolute Gasteiger partial charge is 0.251 e. The van der Waals surface area contributed by atoms with Crippen LogP contribution in [0.1, 0.15) is 57.0 Å². The van der Waals surface area contributed by atoms with Gasteiger partial charge >= 0.3 is 0 Å². The molecule has 1 fully saturated rings. The fraction of sp³-hybridized carbons (Fsp3) is 0.652. The first-order valence-corrected chi connectivity index (χ1v) is 10.7. The highest BCUT2D eigenvalue weighted by atomic mass is 16.5. The Kier molecular flexibility index (Phi) is 8.65. The molecule has 1 unspecified atom stereocenters. The second kappa shape index (κ2) is 10.7. The van der Waals surface area contributed by atoms with Gasteiger partial charge in [-0.05, 0) is 29.0 Å². The van der Waals surface area contributed by atoms with E-state index in [1.807, 2.05) is 24.3 Å². The molecule has 0 bridgehead atoms. The zero-order valence-corrected chi connectivity index (χ0v) is 18.6. The van der Waals surface area contributed by atoms with Crippen LogP contribution in [-0.2, 0) is 14.9 Å². The van der Waals surface area contributed by atoms with Crippen molar-refractivity contribution >= 4 is 11.8 Å². The van der Waals surface area contributed by atoms with Gasteiger partial charge in [0.2, 0.25) is 5.91 Å². The van der Waals surface area contributed by atoms with Crippen molar-refractivity contribution in [2.24, 2.45) is 5.92 Å². The van der Waals surface area contributed by atoms with Crippen LogP contribution in [0, 0.1) is 5.92 Å². The van der Waals surface area contributed by atoms with Crippen LogP contribution >= 0.6 is 0 Å².